The van der Waals surface area contributed by atoms with Gasteiger partial charge in [-0.15, -0.1) is 0 Å². The highest BCUT2D eigenvalue weighted by Crippen LogP contribution is 2.22. The number of amides is 3. The minimum atomic E-state index is -0.489. The summed E-state index contributed by atoms with van der Waals surface area (Å²) in [5.74, 6) is 0.579. The fourth-order valence-electron chi connectivity index (χ4n) is 3.60. The minimum absolute atomic E-state index is 0.298. The molecule has 1 saturated heterocycles. The van der Waals surface area contributed by atoms with Crippen LogP contribution < -0.4 is 15.4 Å². The molecule has 1 fully saturated rings. The molecule has 0 aliphatic carbocycles. The van der Waals surface area contributed by atoms with Crippen molar-refractivity contribution in [3.8, 4) is 5.75 Å². The molecule has 2 N–H and O–H groups in total. The molecule has 7 nitrogen and oxygen atoms in total. The van der Waals surface area contributed by atoms with E-state index in [0.29, 0.717) is 13.2 Å². The Morgan fingerprint density at radius 1 is 0.967 bits per heavy atom. The van der Waals surface area contributed by atoms with Crippen LogP contribution in [0.15, 0.2) is 60.7 Å². The Bertz CT molecular complexity index is 793. The Kier molecular flexibility index (Phi) is 8.23. The van der Waals surface area contributed by atoms with Gasteiger partial charge in [-0.1, -0.05) is 48.5 Å². The SMILES string of the molecule is CCNC(=O)NC(=O)C(c1ccccc1)N1CCN(CCOc2ccccc2)CC1. The highest BCUT2D eigenvalue weighted by atomic mass is 16.5. The predicted molar refractivity (Wildman–Crippen MR) is 116 cm³/mol. The number of nitrogens with zero attached hydrogens (tertiary/aromatic N) is 2. The average molecular weight is 411 g/mol. The maximum atomic E-state index is 12.9. The number of carbonyl (C=O) groups excluding carboxylic acids is 2. The molecule has 3 rings (SSSR count). The first-order valence-electron chi connectivity index (χ1n) is 10.4. The van der Waals surface area contributed by atoms with Gasteiger partial charge in [0.15, 0.2) is 0 Å². The van der Waals surface area contributed by atoms with Crippen molar-refractivity contribution in [1.82, 2.24) is 20.4 Å². The fraction of sp³-hybridized carbons (Fsp3) is 0.391. The first kappa shape index (κ1) is 21.8. The zero-order valence-electron chi connectivity index (χ0n) is 17.4. The molecule has 2 aromatic carbocycles. The van der Waals surface area contributed by atoms with Gasteiger partial charge >= 0.3 is 6.03 Å². The Balaban J connectivity index is 1.55. The molecule has 0 bridgehead atoms. The van der Waals surface area contributed by atoms with Crippen molar-refractivity contribution in [3.05, 3.63) is 66.2 Å². The van der Waals surface area contributed by atoms with Gasteiger partial charge in [-0.05, 0) is 24.6 Å². The summed E-state index contributed by atoms with van der Waals surface area (Å²) in [5, 5.41) is 5.09. The largest absolute Gasteiger partial charge is 0.492 e. The zero-order chi connectivity index (χ0) is 21.2. The van der Waals surface area contributed by atoms with E-state index in [9.17, 15) is 9.59 Å². The lowest BCUT2D eigenvalue weighted by Crippen LogP contribution is -2.53. The lowest BCUT2D eigenvalue weighted by Gasteiger charge is -2.38. The van der Waals surface area contributed by atoms with Gasteiger partial charge in [0, 0.05) is 39.3 Å². The first-order chi connectivity index (χ1) is 14.7. The first-order valence-corrected chi connectivity index (χ1v) is 10.4. The van der Waals surface area contributed by atoms with Crippen molar-refractivity contribution < 1.29 is 14.3 Å². The molecule has 160 valence electrons. The van der Waals surface area contributed by atoms with Crippen LogP contribution in [0.2, 0.25) is 0 Å². The van der Waals surface area contributed by atoms with E-state index in [1.165, 1.54) is 0 Å². The molecule has 2 aromatic rings. The number of nitrogens with one attached hydrogen (secondary N) is 2. The second kappa shape index (κ2) is 11.3. The number of carbonyl (C=O) groups is 2. The maximum Gasteiger partial charge on any atom is 0.321 e. The summed E-state index contributed by atoms with van der Waals surface area (Å²) in [6.45, 7) is 6.93. The smallest absolute Gasteiger partial charge is 0.321 e. The number of imide groups is 1. The molecule has 1 unspecified atom stereocenters. The zero-order valence-corrected chi connectivity index (χ0v) is 17.4. The van der Waals surface area contributed by atoms with E-state index in [4.69, 9.17) is 4.74 Å². The molecule has 0 aromatic heterocycles. The highest BCUT2D eigenvalue weighted by Gasteiger charge is 2.31. The van der Waals surface area contributed by atoms with Gasteiger partial charge in [-0.3, -0.25) is 19.9 Å². The number of ether oxygens (including phenoxy) is 1. The Labute approximate surface area is 178 Å². The Morgan fingerprint density at radius 3 is 2.23 bits per heavy atom. The summed E-state index contributed by atoms with van der Waals surface area (Å²) >= 11 is 0. The molecule has 1 heterocycles. The van der Waals surface area contributed by atoms with E-state index in [1.807, 2.05) is 67.6 Å². The third kappa shape index (κ3) is 6.30. The number of para-hydroxylation sites is 1. The molecule has 7 heteroatoms. The van der Waals surface area contributed by atoms with Crippen LogP contribution in [0.3, 0.4) is 0 Å². The number of urea groups is 1. The van der Waals surface area contributed by atoms with Gasteiger partial charge in [0.25, 0.3) is 0 Å². The van der Waals surface area contributed by atoms with Crippen molar-refractivity contribution in [2.24, 2.45) is 0 Å². The van der Waals surface area contributed by atoms with Crippen molar-refractivity contribution >= 4 is 11.9 Å². The minimum Gasteiger partial charge on any atom is -0.492 e. The van der Waals surface area contributed by atoms with Crippen LogP contribution in [0.5, 0.6) is 5.75 Å². The van der Waals surface area contributed by atoms with Gasteiger partial charge in [-0.2, -0.15) is 0 Å². The van der Waals surface area contributed by atoms with Crippen molar-refractivity contribution in [1.29, 1.82) is 0 Å². The number of hydrogen-bond acceptors (Lipinski definition) is 5. The lowest BCUT2D eigenvalue weighted by atomic mass is 10.0. The third-order valence-electron chi connectivity index (χ3n) is 5.13. The fourth-order valence-corrected chi connectivity index (χ4v) is 3.60. The number of piperazine rings is 1. The van der Waals surface area contributed by atoms with Crippen LogP contribution in [-0.4, -0.2) is 67.6 Å². The molecule has 0 radical (unpaired) electrons. The number of benzene rings is 2. The molecule has 3 amide bonds. The predicted octanol–water partition coefficient (Wildman–Crippen LogP) is 2.27. The quantitative estimate of drug-likeness (QED) is 0.698. The average Bonchev–Trinajstić information content (AvgIpc) is 2.77. The number of rotatable bonds is 8. The summed E-state index contributed by atoms with van der Waals surface area (Å²) in [5.41, 5.74) is 0.889. The summed E-state index contributed by atoms with van der Waals surface area (Å²) in [7, 11) is 0. The summed E-state index contributed by atoms with van der Waals surface area (Å²) < 4.78 is 5.79. The summed E-state index contributed by atoms with van der Waals surface area (Å²) in [4.78, 5) is 29.2. The van der Waals surface area contributed by atoms with Crippen LogP contribution in [-0.2, 0) is 4.79 Å². The van der Waals surface area contributed by atoms with E-state index in [2.05, 4.69) is 20.4 Å². The third-order valence-corrected chi connectivity index (χ3v) is 5.13. The standard InChI is InChI=1S/C23H30N4O3/c1-2-24-23(29)25-22(28)21(19-9-5-3-6-10-19)27-15-13-26(14-16-27)17-18-30-20-11-7-4-8-12-20/h3-12,21H,2,13-18H2,1H3,(H2,24,25,28,29). The van der Waals surface area contributed by atoms with E-state index >= 15 is 0 Å². The van der Waals surface area contributed by atoms with Crippen molar-refractivity contribution in [2.45, 2.75) is 13.0 Å². The monoisotopic (exact) mass is 410 g/mol. The van der Waals surface area contributed by atoms with Crippen LogP contribution in [0.1, 0.15) is 18.5 Å². The normalized spacial score (nSPS) is 15.9. The van der Waals surface area contributed by atoms with Gasteiger partial charge in [-0.25, -0.2) is 4.79 Å². The molecular formula is C23H30N4O3. The van der Waals surface area contributed by atoms with Crippen LogP contribution >= 0.6 is 0 Å². The van der Waals surface area contributed by atoms with Gasteiger partial charge in [0.05, 0.1) is 0 Å². The molecule has 1 atom stereocenters. The van der Waals surface area contributed by atoms with Crippen LogP contribution in [0.25, 0.3) is 0 Å². The lowest BCUT2D eigenvalue weighted by molar-refractivity contribution is -0.126. The molecular weight excluding hydrogens is 380 g/mol. The van der Waals surface area contributed by atoms with Crippen LogP contribution in [0.4, 0.5) is 4.79 Å². The molecule has 1 aliphatic rings. The molecule has 0 saturated carbocycles. The highest BCUT2D eigenvalue weighted by molar-refractivity contribution is 5.97. The van der Waals surface area contributed by atoms with Crippen molar-refractivity contribution in [3.63, 3.8) is 0 Å². The Hall–Kier alpha value is -2.90. The van der Waals surface area contributed by atoms with E-state index in [0.717, 1.165) is 44.0 Å². The second-order valence-electron chi connectivity index (χ2n) is 7.20. The van der Waals surface area contributed by atoms with E-state index in [-0.39, 0.29) is 5.91 Å². The second-order valence-corrected chi connectivity index (χ2v) is 7.20. The molecule has 30 heavy (non-hydrogen) atoms. The number of hydrogen-bond donors (Lipinski definition) is 2. The van der Waals surface area contributed by atoms with E-state index < -0.39 is 12.1 Å². The van der Waals surface area contributed by atoms with Crippen molar-refractivity contribution in [2.75, 3.05) is 45.9 Å². The summed E-state index contributed by atoms with van der Waals surface area (Å²) in [6, 6.07) is 18.5. The van der Waals surface area contributed by atoms with Gasteiger partial charge in [0.1, 0.15) is 18.4 Å². The topological polar surface area (TPSA) is 73.9 Å². The van der Waals surface area contributed by atoms with Gasteiger partial charge < -0.3 is 10.1 Å². The molecule has 1 aliphatic heterocycles. The van der Waals surface area contributed by atoms with Crippen LogP contribution in [0, 0.1) is 0 Å². The summed E-state index contributed by atoms with van der Waals surface area (Å²) in [6.07, 6.45) is 0. The van der Waals surface area contributed by atoms with E-state index in [1.54, 1.807) is 0 Å². The molecule has 0 spiro atoms. The Morgan fingerprint density at radius 2 is 1.60 bits per heavy atom. The maximum absolute atomic E-state index is 12.9. The van der Waals surface area contributed by atoms with Gasteiger partial charge in [0.2, 0.25) is 5.91 Å².